The SMILES string of the molecule is COc1ccc(CO[C@@H]2[C@@H](OCc3ccccc3)[C@@H](OCc3ccccc3)[C@@H](COCc3ccccc3)O[C@H]2[C@@H](COC(c2ccccc2)(c2ccccc2)c2ccccc2)OCc2ccccc2)cc1. The normalized spacial score (nSPS) is 18.4. The molecule has 0 aliphatic carbocycles. The Kier molecular flexibility index (Phi) is 17.6. The summed E-state index contributed by atoms with van der Waals surface area (Å²) in [7, 11) is 1.67. The first-order valence-corrected chi connectivity index (χ1v) is 24.4. The number of rotatable bonds is 24. The van der Waals surface area contributed by atoms with Crippen molar-refractivity contribution in [3.8, 4) is 5.75 Å². The topological polar surface area (TPSA) is 73.8 Å². The minimum Gasteiger partial charge on any atom is -0.497 e. The van der Waals surface area contributed by atoms with Gasteiger partial charge in [-0.3, -0.25) is 0 Å². The summed E-state index contributed by atoms with van der Waals surface area (Å²) < 4.78 is 55.9. The first-order chi connectivity index (χ1) is 35.2. The van der Waals surface area contributed by atoms with Crippen LogP contribution in [0.2, 0.25) is 0 Å². The molecule has 0 saturated carbocycles. The van der Waals surface area contributed by atoms with Crippen molar-refractivity contribution >= 4 is 0 Å². The van der Waals surface area contributed by atoms with Crippen LogP contribution in [-0.4, -0.2) is 56.9 Å². The fourth-order valence-corrected chi connectivity index (χ4v) is 9.26. The van der Waals surface area contributed by atoms with Crippen molar-refractivity contribution in [2.24, 2.45) is 0 Å². The van der Waals surface area contributed by atoms with Crippen molar-refractivity contribution in [1.29, 1.82) is 0 Å². The molecular weight excluding hydrogens is 885 g/mol. The summed E-state index contributed by atoms with van der Waals surface area (Å²) in [6.45, 7) is 1.83. The van der Waals surface area contributed by atoms with E-state index in [4.69, 9.17) is 37.9 Å². The lowest BCUT2D eigenvalue weighted by Crippen LogP contribution is -2.64. The lowest BCUT2D eigenvalue weighted by atomic mass is 9.80. The van der Waals surface area contributed by atoms with E-state index in [1.165, 1.54) is 0 Å². The van der Waals surface area contributed by atoms with Crippen molar-refractivity contribution in [3.63, 3.8) is 0 Å². The van der Waals surface area contributed by atoms with E-state index in [2.05, 4.69) is 121 Å². The Morgan fingerprint density at radius 3 is 1.24 bits per heavy atom. The lowest BCUT2D eigenvalue weighted by Gasteiger charge is -2.48. The zero-order valence-electron chi connectivity index (χ0n) is 40.2. The highest BCUT2D eigenvalue weighted by Crippen LogP contribution is 2.42. The van der Waals surface area contributed by atoms with Gasteiger partial charge < -0.3 is 37.9 Å². The standard InChI is InChI=1S/C63H62O8/c1-64-56-39-37-52(38-40-56)45-69-62-60(71-58(46-65-41-48-23-9-2-10-24-48)59(67-43-50-27-13-4-14-28-50)61(62)68-44-51-29-15-5-16-30-51)57(66-42-49-25-11-3-12-26-49)47-70-63(53-31-17-6-18-32-53,54-33-19-7-20-34-54)55-35-21-8-22-36-55/h2-40,57-62H,41-47H2,1H3/t57-,58-,59+,60+,61+,62+/m1/s1. The molecule has 1 heterocycles. The number of hydrogen-bond donors (Lipinski definition) is 0. The third kappa shape index (κ3) is 13.0. The largest absolute Gasteiger partial charge is 0.497 e. The van der Waals surface area contributed by atoms with Crippen molar-refractivity contribution in [1.82, 2.24) is 0 Å². The van der Waals surface area contributed by atoms with E-state index in [0.717, 1.165) is 50.3 Å². The van der Waals surface area contributed by atoms with Crippen molar-refractivity contribution < 1.29 is 37.9 Å². The van der Waals surface area contributed by atoms with Gasteiger partial charge in [-0.1, -0.05) is 224 Å². The van der Waals surface area contributed by atoms with Gasteiger partial charge in [0.15, 0.2) is 0 Å². The molecule has 1 fully saturated rings. The molecule has 71 heavy (non-hydrogen) atoms. The quantitative estimate of drug-likeness (QED) is 0.0555. The van der Waals surface area contributed by atoms with Gasteiger partial charge in [-0.25, -0.2) is 0 Å². The molecule has 0 spiro atoms. The summed E-state index contributed by atoms with van der Waals surface area (Å²) >= 11 is 0. The average Bonchev–Trinajstić information content (AvgIpc) is 3.44. The number of benzene rings is 8. The van der Waals surface area contributed by atoms with Gasteiger partial charge in [0.1, 0.15) is 48.0 Å². The highest BCUT2D eigenvalue weighted by atomic mass is 16.6. The first kappa shape index (κ1) is 49.3. The Hall–Kier alpha value is -6.72. The van der Waals surface area contributed by atoms with E-state index < -0.39 is 42.2 Å². The Labute approximate surface area is 418 Å². The van der Waals surface area contributed by atoms with Crippen molar-refractivity contribution in [2.45, 2.75) is 75.3 Å². The Morgan fingerprint density at radius 1 is 0.408 bits per heavy atom. The Bertz CT molecular complexity index is 2620. The monoisotopic (exact) mass is 946 g/mol. The molecule has 8 aromatic carbocycles. The van der Waals surface area contributed by atoms with E-state index in [9.17, 15) is 0 Å². The molecule has 0 amide bonds. The van der Waals surface area contributed by atoms with Gasteiger partial charge in [0, 0.05) is 0 Å². The molecule has 8 aromatic rings. The van der Waals surface area contributed by atoms with E-state index in [1.807, 2.05) is 115 Å². The molecule has 0 bridgehead atoms. The number of hydrogen-bond acceptors (Lipinski definition) is 8. The summed E-state index contributed by atoms with van der Waals surface area (Å²) in [5.41, 5.74) is 6.92. The van der Waals surface area contributed by atoms with Gasteiger partial charge in [-0.2, -0.15) is 0 Å². The van der Waals surface area contributed by atoms with Gasteiger partial charge in [0.2, 0.25) is 0 Å². The summed E-state index contributed by atoms with van der Waals surface area (Å²) in [6.07, 6.45) is -4.17. The predicted octanol–water partition coefficient (Wildman–Crippen LogP) is 12.3. The Balaban J connectivity index is 1.16. The summed E-state index contributed by atoms with van der Waals surface area (Å²) in [4.78, 5) is 0. The molecule has 0 radical (unpaired) electrons. The van der Waals surface area contributed by atoms with Gasteiger partial charge in [0.05, 0.1) is 53.4 Å². The summed E-state index contributed by atoms with van der Waals surface area (Å²) in [5.74, 6) is 0.759. The molecule has 0 unspecified atom stereocenters. The van der Waals surface area contributed by atoms with Crippen LogP contribution in [0.3, 0.4) is 0 Å². The fourth-order valence-electron chi connectivity index (χ4n) is 9.26. The maximum absolute atomic E-state index is 7.62. The van der Waals surface area contributed by atoms with Crippen LogP contribution in [0.5, 0.6) is 5.75 Å². The van der Waals surface area contributed by atoms with Gasteiger partial charge >= 0.3 is 0 Å². The molecule has 0 aromatic heterocycles. The molecule has 1 aliphatic rings. The van der Waals surface area contributed by atoms with Crippen LogP contribution < -0.4 is 4.74 Å². The van der Waals surface area contributed by atoms with Crippen molar-refractivity contribution in [3.05, 3.63) is 281 Å². The summed E-state index contributed by atoms with van der Waals surface area (Å²) in [6, 6.07) is 79.8. The highest BCUT2D eigenvalue weighted by molar-refractivity contribution is 5.47. The molecule has 8 heteroatoms. The zero-order valence-corrected chi connectivity index (χ0v) is 40.2. The maximum atomic E-state index is 7.62. The molecule has 9 rings (SSSR count). The van der Waals surface area contributed by atoms with Crippen LogP contribution in [0.25, 0.3) is 0 Å². The summed E-state index contributed by atoms with van der Waals surface area (Å²) in [5, 5.41) is 0. The second-order valence-corrected chi connectivity index (χ2v) is 17.7. The molecular formula is C63H62O8. The second-order valence-electron chi connectivity index (χ2n) is 17.7. The van der Waals surface area contributed by atoms with Crippen molar-refractivity contribution in [2.75, 3.05) is 20.3 Å². The van der Waals surface area contributed by atoms with Crippen LogP contribution in [0.4, 0.5) is 0 Å². The van der Waals surface area contributed by atoms with Gasteiger partial charge in [-0.05, 0) is 56.6 Å². The maximum Gasteiger partial charge on any atom is 0.143 e. The number of methoxy groups -OCH3 is 1. The minimum atomic E-state index is -1.05. The third-order valence-corrected chi connectivity index (χ3v) is 12.9. The van der Waals surface area contributed by atoms with Crippen LogP contribution in [-0.2, 0) is 71.8 Å². The smallest absolute Gasteiger partial charge is 0.143 e. The van der Waals surface area contributed by atoms with Gasteiger partial charge in [-0.15, -0.1) is 0 Å². The lowest BCUT2D eigenvalue weighted by molar-refractivity contribution is -0.295. The molecule has 8 nitrogen and oxygen atoms in total. The first-order valence-electron chi connectivity index (χ1n) is 24.4. The average molecular weight is 947 g/mol. The van der Waals surface area contributed by atoms with E-state index >= 15 is 0 Å². The molecule has 6 atom stereocenters. The highest BCUT2D eigenvalue weighted by Gasteiger charge is 2.52. The molecule has 1 saturated heterocycles. The second kappa shape index (κ2) is 25.4. The number of ether oxygens (including phenoxy) is 8. The zero-order chi connectivity index (χ0) is 48.3. The minimum absolute atomic E-state index is 0.0944. The fraction of sp³-hybridized carbons (Fsp3) is 0.238. The Morgan fingerprint density at radius 2 is 0.789 bits per heavy atom. The van der Waals surface area contributed by atoms with Crippen LogP contribution in [0.15, 0.2) is 237 Å². The van der Waals surface area contributed by atoms with Gasteiger partial charge in [0.25, 0.3) is 0 Å². The third-order valence-electron chi connectivity index (χ3n) is 12.9. The predicted molar refractivity (Wildman–Crippen MR) is 277 cm³/mol. The molecule has 1 aliphatic heterocycles. The van der Waals surface area contributed by atoms with E-state index in [-0.39, 0.29) is 26.4 Å². The van der Waals surface area contributed by atoms with E-state index in [0.29, 0.717) is 19.8 Å². The van der Waals surface area contributed by atoms with Crippen LogP contribution in [0.1, 0.15) is 44.5 Å². The van der Waals surface area contributed by atoms with E-state index in [1.54, 1.807) is 7.11 Å². The molecule has 0 N–H and O–H groups in total. The van der Waals surface area contributed by atoms with Crippen LogP contribution >= 0.6 is 0 Å². The van der Waals surface area contributed by atoms with Crippen LogP contribution in [0, 0.1) is 0 Å². The molecule has 362 valence electrons.